The van der Waals surface area contributed by atoms with Crippen LogP contribution in [0.4, 0.5) is 5.69 Å². The second kappa shape index (κ2) is 7.44. The van der Waals surface area contributed by atoms with Gasteiger partial charge in [-0.3, -0.25) is 4.79 Å². The molecule has 1 amide bonds. The Morgan fingerprint density at radius 3 is 2.64 bits per heavy atom. The fraction of sp³-hybridized carbons (Fsp3) is 0.222. The molecule has 3 aromatic rings. The van der Waals surface area contributed by atoms with Crippen LogP contribution in [0.5, 0.6) is 0 Å². The van der Waals surface area contributed by atoms with Crippen molar-refractivity contribution in [2.24, 2.45) is 0 Å². The number of carbonyl (C=O) groups excluding carboxylic acids is 1. The summed E-state index contributed by atoms with van der Waals surface area (Å²) in [4.78, 5) is 13.6. The Balaban J connectivity index is 1.72. The maximum absolute atomic E-state index is 12.3. The summed E-state index contributed by atoms with van der Waals surface area (Å²) in [6, 6.07) is 15.0. The summed E-state index contributed by atoms with van der Waals surface area (Å²) in [5, 5.41) is 15.6. The largest absolute Gasteiger partial charge is 0.324 e. The fourth-order valence-corrected chi connectivity index (χ4v) is 2.71. The molecule has 1 N–H and O–H groups in total. The fourth-order valence-electron chi connectivity index (χ4n) is 2.49. The molecule has 7 heteroatoms. The van der Waals surface area contributed by atoms with Gasteiger partial charge in [0, 0.05) is 11.3 Å². The number of nitrogens with zero attached hydrogens (tertiary/aromatic N) is 4. The van der Waals surface area contributed by atoms with Crippen LogP contribution in [0.1, 0.15) is 25.3 Å². The van der Waals surface area contributed by atoms with Gasteiger partial charge in [0.2, 0.25) is 11.7 Å². The predicted molar refractivity (Wildman–Crippen MR) is 97.4 cm³/mol. The molecule has 25 heavy (non-hydrogen) atoms. The maximum atomic E-state index is 12.3. The van der Waals surface area contributed by atoms with Gasteiger partial charge < -0.3 is 5.32 Å². The van der Waals surface area contributed by atoms with Crippen LogP contribution < -0.4 is 5.32 Å². The average molecular weight is 356 g/mol. The Labute approximate surface area is 150 Å². The van der Waals surface area contributed by atoms with E-state index in [-0.39, 0.29) is 12.5 Å². The summed E-state index contributed by atoms with van der Waals surface area (Å²) in [5.74, 6) is 0.491. The third kappa shape index (κ3) is 4.03. The SMILES string of the molecule is CC(C)c1ccccc1NC(=O)Cn1nnc(-c2ccccc2Cl)n1. The number of anilines is 1. The summed E-state index contributed by atoms with van der Waals surface area (Å²) in [6.07, 6.45) is 0. The molecule has 6 nitrogen and oxygen atoms in total. The van der Waals surface area contributed by atoms with Crippen molar-refractivity contribution in [3.63, 3.8) is 0 Å². The monoisotopic (exact) mass is 355 g/mol. The molecule has 0 spiro atoms. The normalized spacial score (nSPS) is 10.9. The van der Waals surface area contributed by atoms with Crippen molar-refractivity contribution in [2.45, 2.75) is 26.3 Å². The number of tetrazole rings is 1. The minimum Gasteiger partial charge on any atom is -0.324 e. The molecule has 1 aromatic heterocycles. The predicted octanol–water partition coefficient (Wildman–Crippen LogP) is 3.76. The number of hydrogen-bond acceptors (Lipinski definition) is 4. The highest BCUT2D eigenvalue weighted by Crippen LogP contribution is 2.24. The Bertz CT molecular complexity index is 890. The second-order valence-corrected chi connectivity index (χ2v) is 6.32. The van der Waals surface area contributed by atoms with Gasteiger partial charge in [-0.2, -0.15) is 4.80 Å². The van der Waals surface area contributed by atoms with E-state index in [0.29, 0.717) is 22.3 Å². The van der Waals surface area contributed by atoms with E-state index in [0.717, 1.165) is 11.3 Å². The molecular weight excluding hydrogens is 338 g/mol. The second-order valence-electron chi connectivity index (χ2n) is 5.91. The number of halogens is 1. The van der Waals surface area contributed by atoms with Gasteiger partial charge in [-0.1, -0.05) is 55.8 Å². The number of hydrogen-bond donors (Lipinski definition) is 1. The molecule has 2 aromatic carbocycles. The molecule has 0 unspecified atom stereocenters. The summed E-state index contributed by atoms with van der Waals surface area (Å²) in [5.41, 5.74) is 2.56. The molecule has 0 saturated carbocycles. The number of carbonyl (C=O) groups is 1. The van der Waals surface area contributed by atoms with Crippen LogP contribution in [-0.2, 0) is 11.3 Å². The Morgan fingerprint density at radius 2 is 1.88 bits per heavy atom. The van der Waals surface area contributed by atoms with Gasteiger partial charge in [-0.25, -0.2) is 0 Å². The third-order valence-electron chi connectivity index (χ3n) is 3.71. The van der Waals surface area contributed by atoms with Gasteiger partial charge in [-0.05, 0) is 34.9 Å². The number of amides is 1. The van der Waals surface area contributed by atoms with Crippen LogP contribution in [0.2, 0.25) is 5.02 Å². The molecule has 0 bridgehead atoms. The molecule has 1 heterocycles. The van der Waals surface area contributed by atoms with Gasteiger partial charge in [0.1, 0.15) is 6.54 Å². The summed E-state index contributed by atoms with van der Waals surface area (Å²) in [7, 11) is 0. The lowest BCUT2D eigenvalue weighted by Gasteiger charge is -2.13. The standard InChI is InChI=1S/C18H18ClN5O/c1-12(2)13-7-4-6-10-16(13)20-17(25)11-24-22-18(21-23-24)14-8-3-5-9-15(14)19/h3-10,12H,11H2,1-2H3,(H,20,25). The number of aromatic nitrogens is 4. The van der Waals surface area contributed by atoms with Crippen molar-refractivity contribution >= 4 is 23.2 Å². The van der Waals surface area contributed by atoms with Crippen molar-refractivity contribution in [1.82, 2.24) is 20.2 Å². The van der Waals surface area contributed by atoms with Crippen LogP contribution in [0, 0.1) is 0 Å². The molecule has 0 saturated heterocycles. The van der Waals surface area contributed by atoms with Gasteiger partial charge in [0.25, 0.3) is 0 Å². The van der Waals surface area contributed by atoms with Crippen molar-refractivity contribution in [3.8, 4) is 11.4 Å². The molecule has 0 radical (unpaired) electrons. The van der Waals surface area contributed by atoms with E-state index in [1.807, 2.05) is 42.5 Å². The third-order valence-corrected chi connectivity index (χ3v) is 4.04. The van der Waals surface area contributed by atoms with Gasteiger partial charge >= 0.3 is 0 Å². The van der Waals surface area contributed by atoms with Gasteiger partial charge in [0.15, 0.2) is 0 Å². The highest BCUT2D eigenvalue weighted by atomic mass is 35.5. The van der Waals surface area contributed by atoms with Crippen LogP contribution in [-0.4, -0.2) is 26.1 Å². The smallest absolute Gasteiger partial charge is 0.248 e. The highest BCUT2D eigenvalue weighted by molar-refractivity contribution is 6.33. The molecule has 3 rings (SSSR count). The minimum absolute atomic E-state index is 0.0239. The number of benzene rings is 2. The first-order chi connectivity index (χ1) is 12.0. The van der Waals surface area contributed by atoms with Gasteiger partial charge in [0.05, 0.1) is 5.02 Å². The van der Waals surface area contributed by atoms with E-state index >= 15 is 0 Å². The molecule has 0 atom stereocenters. The lowest BCUT2D eigenvalue weighted by Crippen LogP contribution is -2.21. The quantitative estimate of drug-likeness (QED) is 0.756. The van der Waals surface area contributed by atoms with E-state index in [1.54, 1.807) is 6.07 Å². The van der Waals surface area contributed by atoms with Gasteiger partial charge in [-0.15, -0.1) is 10.2 Å². The molecule has 0 aliphatic rings. The van der Waals surface area contributed by atoms with Crippen molar-refractivity contribution in [2.75, 3.05) is 5.32 Å². The molecule has 0 aliphatic heterocycles. The molecule has 0 aliphatic carbocycles. The van der Waals surface area contributed by atoms with E-state index < -0.39 is 0 Å². The zero-order chi connectivity index (χ0) is 17.8. The first-order valence-electron chi connectivity index (χ1n) is 7.96. The lowest BCUT2D eigenvalue weighted by atomic mass is 10.0. The average Bonchev–Trinajstić information content (AvgIpc) is 3.03. The van der Waals surface area contributed by atoms with E-state index in [2.05, 4.69) is 34.6 Å². The summed E-state index contributed by atoms with van der Waals surface area (Å²) >= 11 is 6.13. The Morgan fingerprint density at radius 1 is 1.16 bits per heavy atom. The van der Waals surface area contributed by atoms with Crippen LogP contribution in [0.15, 0.2) is 48.5 Å². The molecular formula is C18H18ClN5O. The minimum atomic E-state index is -0.212. The van der Waals surface area contributed by atoms with Crippen LogP contribution in [0.25, 0.3) is 11.4 Å². The topological polar surface area (TPSA) is 72.7 Å². The summed E-state index contributed by atoms with van der Waals surface area (Å²) in [6.45, 7) is 4.14. The van der Waals surface area contributed by atoms with Crippen molar-refractivity contribution in [3.05, 3.63) is 59.1 Å². The van der Waals surface area contributed by atoms with Crippen molar-refractivity contribution < 1.29 is 4.79 Å². The lowest BCUT2D eigenvalue weighted by molar-refractivity contribution is -0.117. The van der Waals surface area contributed by atoms with E-state index in [9.17, 15) is 4.79 Å². The number of para-hydroxylation sites is 1. The first kappa shape index (κ1) is 17.1. The van der Waals surface area contributed by atoms with Crippen molar-refractivity contribution in [1.29, 1.82) is 0 Å². The zero-order valence-electron chi connectivity index (χ0n) is 14.0. The van der Waals surface area contributed by atoms with Crippen LogP contribution >= 0.6 is 11.6 Å². The summed E-state index contributed by atoms with van der Waals surface area (Å²) < 4.78 is 0. The number of nitrogens with one attached hydrogen (secondary N) is 1. The molecule has 0 fully saturated rings. The Kier molecular flexibility index (Phi) is 5.09. The number of rotatable bonds is 5. The van der Waals surface area contributed by atoms with Crippen LogP contribution in [0.3, 0.4) is 0 Å². The zero-order valence-corrected chi connectivity index (χ0v) is 14.7. The highest BCUT2D eigenvalue weighted by Gasteiger charge is 2.13. The van der Waals surface area contributed by atoms with E-state index in [4.69, 9.17) is 11.6 Å². The van der Waals surface area contributed by atoms with E-state index in [1.165, 1.54) is 4.80 Å². The first-order valence-corrected chi connectivity index (χ1v) is 8.34. The Hall–Kier alpha value is -2.73. The maximum Gasteiger partial charge on any atom is 0.248 e. The molecule has 128 valence electrons.